The number of carbonyl (C=O) groups excluding carboxylic acids is 2. The van der Waals surface area contributed by atoms with Gasteiger partial charge in [0.25, 0.3) is 0 Å². The molecule has 2 aliphatic heterocycles. The lowest BCUT2D eigenvalue weighted by molar-refractivity contribution is -0.114. The highest BCUT2D eigenvalue weighted by molar-refractivity contribution is 5.90. The summed E-state index contributed by atoms with van der Waals surface area (Å²) in [5.41, 5.74) is 3.62. The maximum absolute atomic E-state index is 12.7. The number of carbonyl (C=O) groups is 2. The number of hydrogen-bond acceptors (Lipinski definition) is 3. The highest BCUT2D eigenvalue weighted by Crippen LogP contribution is 2.25. The van der Waals surface area contributed by atoms with Crippen LogP contribution in [0.15, 0.2) is 48.5 Å². The van der Waals surface area contributed by atoms with Gasteiger partial charge in [-0.25, -0.2) is 4.79 Å². The minimum atomic E-state index is -0.0878. The first-order valence-electron chi connectivity index (χ1n) is 11.4. The molecule has 2 fully saturated rings. The maximum Gasteiger partial charge on any atom is 0.321 e. The van der Waals surface area contributed by atoms with Crippen LogP contribution in [0.1, 0.15) is 39.0 Å². The third-order valence-corrected chi connectivity index (χ3v) is 6.31. The summed E-state index contributed by atoms with van der Waals surface area (Å²) in [6.45, 7) is 5.58. The summed E-state index contributed by atoms with van der Waals surface area (Å²) >= 11 is 0. The van der Waals surface area contributed by atoms with Gasteiger partial charge in [0.1, 0.15) is 0 Å². The molecule has 0 radical (unpaired) electrons. The fraction of sp³-hybridized carbons (Fsp3) is 0.440. The van der Waals surface area contributed by atoms with Gasteiger partial charge in [-0.2, -0.15) is 0 Å². The molecular formula is C25H32N4O2. The summed E-state index contributed by atoms with van der Waals surface area (Å²) in [6.07, 6.45) is 6.12. The molecule has 0 unspecified atom stereocenters. The van der Waals surface area contributed by atoms with E-state index in [4.69, 9.17) is 0 Å². The number of urea groups is 1. The Morgan fingerprint density at radius 2 is 1.52 bits per heavy atom. The van der Waals surface area contributed by atoms with E-state index in [0.29, 0.717) is 6.04 Å². The smallest absolute Gasteiger partial charge is 0.321 e. The van der Waals surface area contributed by atoms with Gasteiger partial charge in [-0.1, -0.05) is 30.7 Å². The second-order valence-electron chi connectivity index (χ2n) is 8.58. The van der Waals surface area contributed by atoms with Crippen LogP contribution in [0.25, 0.3) is 11.1 Å². The molecule has 6 heteroatoms. The zero-order chi connectivity index (χ0) is 21.6. The van der Waals surface area contributed by atoms with E-state index in [9.17, 15) is 9.59 Å². The molecule has 2 heterocycles. The van der Waals surface area contributed by atoms with Crippen molar-refractivity contribution in [2.75, 3.05) is 36.8 Å². The summed E-state index contributed by atoms with van der Waals surface area (Å²) in [5.74, 6) is -0.0878. The molecule has 4 rings (SSSR count). The van der Waals surface area contributed by atoms with Crippen molar-refractivity contribution >= 4 is 23.3 Å². The fourth-order valence-corrected chi connectivity index (χ4v) is 4.65. The monoisotopic (exact) mass is 420 g/mol. The molecule has 164 valence electrons. The first kappa shape index (κ1) is 21.4. The largest absolute Gasteiger partial charge is 0.326 e. The van der Waals surface area contributed by atoms with Crippen molar-refractivity contribution in [2.24, 2.45) is 0 Å². The van der Waals surface area contributed by atoms with E-state index in [-0.39, 0.29) is 11.9 Å². The number of nitrogens with one attached hydrogen (secondary N) is 2. The van der Waals surface area contributed by atoms with E-state index in [1.807, 2.05) is 53.4 Å². The molecule has 2 aromatic rings. The number of amides is 3. The number of nitrogens with zero attached hydrogens (tertiary/aromatic N) is 2. The third kappa shape index (κ3) is 5.64. The molecule has 0 aromatic heterocycles. The number of anilines is 2. The van der Waals surface area contributed by atoms with Gasteiger partial charge in [-0.15, -0.1) is 0 Å². The third-order valence-electron chi connectivity index (χ3n) is 6.31. The van der Waals surface area contributed by atoms with Gasteiger partial charge in [-0.05, 0) is 74.2 Å². The van der Waals surface area contributed by atoms with E-state index in [1.165, 1.54) is 39.3 Å². The molecule has 2 N–H and O–H groups in total. The lowest BCUT2D eigenvalue weighted by atomic mass is 10.00. The summed E-state index contributed by atoms with van der Waals surface area (Å²) < 4.78 is 0. The molecule has 0 spiro atoms. The average Bonchev–Trinajstić information content (AvgIpc) is 2.80. The van der Waals surface area contributed by atoms with Crippen molar-refractivity contribution in [3.63, 3.8) is 0 Å². The first-order chi connectivity index (χ1) is 15.1. The van der Waals surface area contributed by atoms with Crippen LogP contribution in [0.5, 0.6) is 0 Å². The van der Waals surface area contributed by atoms with Crippen LogP contribution in [0, 0.1) is 0 Å². The molecular weight excluding hydrogens is 388 g/mol. The highest BCUT2D eigenvalue weighted by atomic mass is 16.2. The van der Waals surface area contributed by atoms with Crippen molar-refractivity contribution in [1.82, 2.24) is 9.80 Å². The van der Waals surface area contributed by atoms with Crippen LogP contribution in [-0.2, 0) is 4.79 Å². The van der Waals surface area contributed by atoms with Gasteiger partial charge in [0.2, 0.25) is 5.91 Å². The van der Waals surface area contributed by atoms with Crippen molar-refractivity contribution < 1.29 is 9.59 Å². The lowest BCUT2D eigenvalue weighted by Gasteiger charge is -2.40. The van der Waals surface area contributed by atoms with Crippen LogP contribution >= 0.6 is 0 Å². The van der Waals surface area contributed by atoms with E-state index in [0.717, 1.165) is 48.4 Å². The van der Waals surface area contributed by atoms with Gasteiger partial charge in [0, 0.05) is 37.4 Å². The Hall–Kier alpha value is -2.86. The van der Waals surface area contributed by atoms with Crippen molar-refractivity contribution in [2.45, 2.75) is 45.1 Å². The van der Waals surface area contributed by atoms with Gasteiger partial charge in [0.05, 0.1) is 0 Å². The minimum absolute atomic E-state index is 0.0162. The van der Waals surface area contributed by atoms with Crippen molar-refractivity contribution in [1.29, 1.82) is 0 Å². The zero-order valence-corrected chi connectivity index (χ0v) is 18.3. The average molecular weight is 421 g/mol. The second kappa shape index (κ2) is 9.96. The molecule has 3 amide bonds. The van der Waals surface area contributed by atoms with Crippen LogP contribution < -0.4 is 10.6 Å². The number of likely N-dealkylation sites (tertiary alicyclic amines) is 2. The van der Waals surface area contributed by atoms with Gasteiger partial charge in [0.15, 0.2) is 0 Å². The molecule has 2 saturated heterocycles. The predicted octanol–water partition coefficient (Wildman–Crippen LogP) is 4.79. The van der Waals surface area contributed by atoms with E-state index in [1.54, 1.807) is 0 Å². The van der Waals surface area contributed by atoms with E-state index >= 15 is 0 Å². The Morgan fingerprint density at radius 3 is 2.19 bits per heavy atom. The molecule has 0 bridgehead atoms. The zero-order valence-electron chi connectivity index (χ0n) is 18.3. The second-order valence-corrected chi connectivity index (χ2v) is 8.58. The normalized spacial score (nSPS) is 17.9. The van der Waals surface area contributed by atoms with Crippen molar-refractivity contribution in [3.8, 4) is 11.1 Å². The standard InChI is InChI=1S/C25H32N4O2/c1-19(30)26-23-7-5-6-21(18-23)20-8-10-22(11-9-20)27-25(31)29-16-12-24(13-17-29)28-14-3-2-4-15-28/h5-11,18,24H,2-4,12-17H2,1H3,(H,26,30)(H,27,31). The van der Waals surface area contributed by atoms with E-state index in [2.05, 4.69) is 15.5 Å². The summed E-state index contributed by atoms with van der Waals surface area (Å²) in [5, 5.41) is 5.85. The Bertz CT molecular complexity index is 898. The minimum Gasteiger partial charge on any atom is -0.326 e. The molecule has 0 atom stereocenters. The van der Waals surface area contributed by atoms with Crippen molar-refractivity contribution in [3.05, 3.63) is 48.5 Å². The molecule has 2 aliphatic rings. The maximum atomic E-state index is 12.7. The molecule has 2 aromatic carbocycles. The van der Waals surface area contributed by atoms with Crippen LogP contribution in [0.4, 0.5) is 16.2 Å². The molecule has 0 aliphatic carbocycles. The van der Waals surface area contributed by atoms with Gasteiger partial charge >= 0.3 is 6.03 Å². The van der Waals surface area contributed by atoms with Gasteiger partial charge in [-0.3, -0.25) is 4.79 Å². The van der Waals surface area contributed by atoms with E-state index < -0.39 is 0 Å². The summed E-state index contributed by atoms with van der Waals surface area (Å²) in [4.78, 5) is 28.6. The lowest BCUT2D eigenvalue weighted by Crippen LogP contribution is -2.49. The molecule has 6 nitrogen and oxygen atoms in total. The number of rotatable bonds is 4. The van der Waals surface area contributed by atoms with Crippen LogP contribution in [0.3, 0.4) is 0 Å². The Kier molecular flexibility index (Phi) is 6.87. The topological polar surface area (TPSA) is 64.7 Å². The summed E-state index contributed by atoms with van der Waals surface area (Å²) in [7, 11) is 0. The Morgan fingerprint density at radius 1 is 0.806 bits per heavy atom. The Labute approximate surface area is 184 Å². The summed E-state index contributed by atoms with van der Waals surface area (Å²) in [6, 6.07) is 16.2. The van der Waals surface area contributed by atoms with Gasteiger partial charge < -0.3 is 20.4 Å². The number of piperidine rings is 2. The Balaban J connectivity index is 1.31. The molecule has 0 saturated carbocycles. The fourth-order valence-electron chi connectivity index (χ4n) is 4.65. The quantitative estimate of drug-likeness (QED) is 0.747. The molecule has 31 heavy (non-hydrogen) atoms. The first-order valence-corrected chi connectivity index (χ1v) is 11.4. The SMILES string of the molecule is CC(=O)Nc1cccc(-c2ccc(NC(=O)N3CCC(N4CCCCC4)CC3)cc2)c1. The predicted molar refractivity (Wildman–Crippen MR) is 125 cm³/mol. The number of benzene rings is 2. The number of hydrogen-bond donors (Lipinski definition) is 2. The van der Waals surface area contributed by atoms with Crippen LogP contribution in [0.2, 0.25) is 0 Å². The van der Waals surface area contributed by atoms with Crippen LogP contribution in [-0.4, -0.2) is 54.0 Å². The highest BCUT2D eigenvalue weighted by Gasteiger charge is 2.27.